The highest BCUT2D eigenvalue weighted by Crippen LogP contribution is 2.17. The SMILES string of the molecule is Brc1ccc(CCN(Cc2ccc3ccccc3n2)Cc2nncn2Cc2ccc(Br)cc2)cc1. The Morgan fingerprint density at radius 3 is 2.23 bits per heavy atom. The quantitative estimate of drug-likeness (QED) is 0.193. The topological polar surface area (TPSA) is 46.8 Å². The molecule has 2 aromatic heterocycles. The zero-order valence-corrected chi connectivity index (χ0v) is 22.4. The lowest BCUT2D eigenvalue weighted by atomic mass is 10.1. The van der Waals surface area contributed by atoms with Gasteiger partial charge in [-0.25, -0.2) is 0 Å². The minimum Gasteiger partial charge on any atom is -0.312 e. The highest BCUT2D eigenvalue weighted by molar-refractivity contribution is 9.10. The number of pyridine rings is 1. The van der Waals surface area contributed by atoms with Crippen LogP contribution in [0.1, 0.15) is 22.6 Å². The maximum absolute atomic E-state index is 4.91. The number of fused-ring (bicyclic) bond motifs is 1. The summed E-state index contributed by atoms with van der Waals surface area (Å²) in [6.07, 6.45) is 2.76. The van der Waals surface area contributed by atoms with Crippen LogP contribution in [0.2, 0.25) is 0 Å². The average Bonchev–Trinajstić information content (AvgIpc) is 3.31. The monoisotopic (exact) mass is 589 g/mol. The third-order valence-corrected chi connectivity index (χ3v) is 7.06. The van der Waals surface area contributed by atoms with E-state index in [1.54, 1.807) is 0 Å². The number of rotatable bonds is 9. The first kappa shape index (κ1) is 23.9. The van der Waals surface area contributed by atoms with Gasteiger partial charge in [0.05, 0.1) is 24.3 Å². The van der Waals surface area contributed by atoms with Gasteiger partial charge in [0.25, 0.3) is 0 Å². The molecule has 0 amide bonds. The van der Waals surface area contributed by atoms with Crippen molar-refractivity contribution in [1.82, 2.24) is 24.6 Å². The maximum atomic E-state index is 4.91. The smallest absolute Gasteiger partial charge is 0.147 e. The molecule has 0 unspecified atom stereocenters. The van der Waals surface area contributed by atoms with Crippen LogP contribution < -0.4 is 0 Å². The Bertz CT molecular complexity index is 1400. The molecule has 0 saturated heterocycles. The van der Waals surface area contributed by atoms with Crippen molar-refractivity contribution in [1.29, 1.82) is 0 Å². The van der Waals surface area contributed by atoms with Crippen molar-refractivity contribution in [2.45, 2.75) is 26.1 Å². The summed E-state index contributed by atoms with van der Waals surface area (Å²) in [5.74, 6) is 0.949. The van der Waals surface area contributed by atoms with E-state index in [2.05, 4.69) is 124 Å². The average molecular weight is 591 g/mol. The van der Waals surface area contributed by atoms with Crippen LogP contribution in [0.5, 0.6) is 0 Å². The Morgan fingerprint density at radius 1 is 0.743 bits per heavy atom. The van der Waals surface area contributed by atoms with Gasteiger partial charge in [-0.3, -0.25) is 9.88 Å². The van der Waals surface area contributed by atoms with Gasteiger partial charge in [0.15, 0.2) is 0 Å². The molecule has 0 N–H and O–H groups in total. The van der Waals surface area contributed by atoms with Gasteiger partial charge >= 0.3 is 0 Å². The Kier molecular flexibility index (Phi) is 7.66. The molecule has 5 nitrogen and oxygen atoms in total. The molecule has 0 saturated carbocycles. The molecule has 176 valence electrons. The summed E-state index contributed by atoms with van der Waals surface area (Å²) in [5.41, 5.74) is 4.60. The predicted molar refractivity (Wildman–Crippen MR) is 147 cm³/mol. The normalized spacial score (nSPS) is 11.4. The number of para-hydroxylation sites is 1. The minimum absolute atomic E-state index is 0.696. The van der Waals surface area contributed by atoms with Crippen molar-refractivity contribution in [2.24, 2.45) is 0 Å². The van der Waals surface area contributed by atoms with Gasteiger partial charge in [-0.1, -0.05) is 80.4 Å². The molecule has 0 bridgehead atoms. The number of hydrogen-bond donors (Lipinski definition) is 0. The number of hydrogen-bond acceptors (Lipinski definition) is 4. The van der Waals surface area contributed by atoms with E-state index in [0.29, 0.717) is 6.54 Å². The van der Waals surface area contributed by atoms with Crippen molar-refractivity contribution in [2.75, 3.05) is 6.54 Å². The molecule has 0 aliphatic rings. The summed E-state index contributed by atoms with van der Waals surface area (Å²) in [7, 11) is 0. The van der Waals surface area contributed by atoms with Crippen LogP contribution in [0.25, 0.3) is 10.9 Å². The summed E-state index contributed by atoms with van der Waals surface area (Å²) in [6.45, 7) is 3.07. The number of aromatic nitrogens is 4. The number of nitrogens with zero attached hydrogens (tertiary/aromatic N) is 5. The van der Waals surface area contributed by atoms with Crippen molar-refractivity contribution in [3.05, 3.63) is 123 Å². The second-order valence-electron chi connectivity index (χ2n) is 8.58. The summed E-state index contributed by atoms with van der Waals surface area (Å²) < 4.78 is 4.30. The van der Waals surface area contributed by atoms with E-state index in [-0.39, 0.29) is 0 Å². The summed E-state index contributed by atoms with van der Waals surface area (Å²) in [4.78, 5) is 7.32. The van der Waals surface area contributed by atoms with E-state index in [9.17, 15) is 0 Å². The van der Waals surface area contributed by atoms with Crippen LogP contribution in [0, 0.1) is 0 Å². The molecule has 0 fully saturated rings. The molecular weight excluding hydrogens is 566 g/mol. The van der Waals surface area contributed by atoms with Gasteiger partial charge < -0.3 is 4.57 Å². The zero-order chi connectivity index (χ0) is 24.0. The van der Waals surface area contributed by atoms with E-state index in [0.717, 1.165) is 57.4 Å². The lowest BCUT2D eigenvalue weighted by Gasteiger charge is -2.22. The van der Waals surface area contributed by atoms with Crippen LogP contribution in [-0.2, 0) is 26.1 Å². The second kappa shape index (κ2) is 11.2. The Morgan fingerprint density at radius 2 is 1.46 bits per heavy atom. The molecular formula is C28H25Br2N5. The van der Waals surface area contributed by atoms with Crippen LogP contribution >= 0.6 is 31.9 Å². The molecule has 0 atom stereocenters. The van der Waals surface area contributed by atoms with Gasteiger partial charge in [0.1, 0.15) is 12.2 Å². The molecule has 5 rings (SSSR count). The highest BCUT2D eigenvalue weighted by Gasteiger charge is 2.14. The Balaban J connectivity index is 1.35. The fraction of sp³-hybridized carbons (Fsp3) is 0.179. The fourth-order valence-corrected chi connectivity index (χ4v) is 4.63. The first-order valence-corrected chi connectivity index (χ1v) is 13.1. The fourth-order valence-electron chi connectivity index (χ4n) is 4.10. The molecule has 0 spiro atoms. The highest BCUT2D eigenvalue weighted by atomic mass is 79.9. The number of benzene rings is 3. The van der Waals surface area contributed by atoms with E-state index < -0.39 is 0 Å². The molecule has 5 aromatic rings. The van der Waals surface area contributed by atoms with Crippen molar-refractivity contribution < 1.29 is 0 Å². The van der Waals surface area contributed by atoms with Crippen LogP contribution in [0.3, 0.4) is 0 Å². The van der Waals surface area contributed by atoms with Crippen LogP contribution in [0.4, 0.5) is 0 Å². The molecule has 3 aromatic carbocycles. The number of halogens is 2. The lowest BCUT2D eigenvalue weighted by Crippen LogP contribution is -2.27. The zero-order valence-electron chi connectivity index (χ0n) is 19.2. The van der Waals surface area contributed by atoms with E-state index in [4.69, 9.17) is 4.98 Å². The Hall–Kier alpha value is -2.87. The summed E-state index contributed by atoms with van der Waals surface area (Å²) in [5, 5.41) is 9.84. The largest absolute Gasteiger partial charge is 0.312 e. The second-order valence-corrected chi connectivity index (χ2v) is 10.4. The van der Waals surface area contributed by atoms with Crippen LogP contribution in [-0.4, -0.2) is 31.2 Å². The van der Waals surface area contributed by atoms with Gasteiger partial charge in [-0.05, 0) is 53.9 Å². The van der Waals surface area contributed by atoms with Crippen molar-refractivity contribution >= 4 is 42.8 Å². The van der Waals surface area contributed by atoms with Crippen molar-refractivity contribution in [3.63, 3.8) is 0 Å². The molecule has 0 aliphatic carbocycles. The van der Waals surface area contributed by atoms with E-state index >= 15 is 0 Å². The van der Waals surface area contributed by atoms with E-state index in [1.165, 1.54) is 11.1 Å². The predicted octanol–water partition coefficient (Wildman–Crippen LogP) is 6.64. The van der Waals surface area contributed by atoms with Crippen molar-refractivity contribution in [3.8, 4) is 0 Å². The minimum atomic E-state index is 0.696. The van der Waals surface area contributed by atoms with E-state index in [1.807, 2.05) is 18.5 Å². The summed E-state index contributed by atoms with van der Waals surface area (Å²) >= 11 is 7.04. The van der Waals surface area contributed by atoms with Gasteiger partial charge in [0.2, 0.25) is 0 Å². The molecule has 35 heavy (non-hydrogen) atoms. The first-order valence-electron chi connectivity index (χ1n) is 11.5. The lowest BCUT2D eigenvalue weighted by molar-refractivity contribution is 0.247. The molecule has 2 heterocycles. The van der Waals surface area contributed by atoms with Gasteiger partial charge in [-0.2, -0.15) is 0 Å². The molecule has 0 radical (unpaired) electrons. The Labute approximate surface area is 222 Å². The third kappa shape index (κ3) is 6.42. The standard InChI is InChI=1S/C28H25Br2N5/c29-24-10-5-21(6-11-24)15-16-34(18-26-14-9-23-3-1-2-4-27(23)32-26)19-28-33-31-20-35(28)17-22-7-12-25(30)13-8-22/h1-14,20H,15-19H2. The van der Waals surface area contributed by atoms with Gasteiger partial charge in [0, 0.05) is 27.4 Å². The van der Waals surface area contributed by atoms with Gasteiger partial charge in [-0.15, -0.1) is 10.2 Å². The third-order valence-electron chi connectivity index (χ3n) is 6.00. The molecule has 7 heteroatoms. The first-order chi connectivity index (χ1) is 17.1. The van der Waals surface area contributed by atoms with Crippen LogP contribution in [0.15, 0.2) is 100 Å². The molecule has 0 aliphatic heterocycles. The maximum Gasteiger partial charge on any atom is 0.147 e. The summed E-state index contributed by atoms with van der Waals surface area (Å²) in [6, 6.07) is 29.4.